The molecule has 1 aromatic heterocycles. The number of piperidine rings is 1. The molecule has 9 N–H and O–H groups in total. The summed E-state index contributed by atoms with van der Waals surface area (Å²) in [5.74, 6) is 1.25. The average Bonchev–Trinajstić information content (AvgIpc) is 0.725. The van der Waals surface area contributed by atoms with Gasteiger partial charge in [-0.05, 0) is 185 Å². The van der Waals surface area contributed by atoms with Crippen molar-refractivity contribution in [2.24, 2.45) is 17.8 Å². The largest absolute Gasteiger partial charge is 0.507 e. The highest BCUT2D eigenvalue weighted by atomic mass is 33.1. The van der Waals surface area contributed by atoms with Gasteiger partial charge in [-0.1, -0.05) is 159 Å². The number of hydrogen-bond acceptors (Lipinski definition) is 19. The molecular weight excluding hydrogens is 1320 g/mol. The number of aliphatic hydroxyl groups is 5. The van der Waals surface area contributed by atoms with Crippen molar-refractivity contribution in [3.63, 3.8) is 0 Å². The second-order valence-electron chi connectivity index (χ2n) is 29.1. The van der Waals surface area contributed by atoms with E-state index in [0.29, 0.717) is 83.6 Å². The molecule has 12 atom stereocenters. The summed E-state index contributed by atoms with van der Waals surface area (Å²) in [4.78, 5) is 29.4. The molecule has 5 aliphatic heterocycles. The van der Waals surface area contributed by atoms with Crippen molar-refractivity contribution in [2.75, 3.05) is 30.5 Å². The normalized spacial score (nSPS) is 27.8. The molecule has 13 nitrogen and oxygen atoms in total. The van der Waals surface area contributed by atoms with Crippen LogP contribution in [0.3, 0.4) is 0 Å². The summed E-state index contributed by atoms with van der Waals surface area (Å²) >= 11 is 0. The minimum absolute atomic E-state index is 0.0128. The number of fused-ring (bicyclic) bond motifs is 15. The van der Waals surface area contributed by atoms with Crippen molar-refractivity contribution >= 4 is 92.3 Å². The fraction of sp³-hybridized carbons (Fsp3) is 0.506. The molecule has 19 heteroatoms. The van der Waals surface area contributed by atoms with Gasteiger partial charge < -0.3 is 55.3 Å². The maximum absolute atomic E-state index is 16.0. The van der Waals surface area contributed by atoms with Crippen molar-refractivity contribution in [3.8, 4) is 45.4 Å². The van der Waals surface area contributed by atoms with Gasteiger partial charge in [-0.3, -0.25) is 9.59 Å². The highest BCUT2D eigenvalue weighted by Crippen LogP contribution is 2.62. The predicted molar refractivity (Wildman–Crippen MR) is 393 cm³/mol. The molecule has 6 aromatic carbocycles. The van der Waals surface area contributed by atoms with Crippen molar-refractivity contribution in [1.29, 1.82) is 0 Å². The van der Waals surface area contributed by atoms with Gasteiger partial charge in [-0.15, -0.1) is 0 Å². The first-order chi connectivity index (χ1) is 46.6. The Kier molecular flexibility index (Phi) is 19.8. The minimum Gasteiger partial charge on any atom is -0.507 e. The zero-order chi connectivity index (χ0) is 66.3. The maximum atomic E-state index is 16.0. The summed E-state index contributed by atoms with van der Waals surface area (Å²) in [6, 6.07) is 27.1. The van der Waals surface area contributed by atoms with Crippen LogP contribution in [0.4, 0.5) is 0 Å². The van der Waals surface area contributed by atoms with E-state index in [2.05, 4.69) is 79.8 Å². The Balaban J connectivity index is 0.862. The van der Waals surface area contributed by atoms with Crippen molar-refractivity contribution in [1.82, 2.24) is 5.32 Å². The Morgan fingerprint density at radius 1 is 0.771 bits per heavy atom. The second-order valence-corrected chi connectivity index (χ2v) is 36.9. The van der Waals surface area contributed by atoms with E-state index in [9.17, 15) is 45.6 Å². The van der Waals surface area contributed by atoms with Gasteiger partial charge in [0.25, 0.3) is 0 Å². The Morgan fingerprint density at radius 2 is 1.57 bits per heavy atom. The molecule has 7 aromatic rings. The van der Waals surface area contributed by atoms with Crippen LogP contribution in [0.2, 0.25) is 0 Å². The van der Waals surface area contributed by atoms with E-state index in [-0.39, 0.29) is 124 Å². The van der Waals surface area contributed by atoms with Crippen LogP contribution in [0.1, 0.15) is 188 Å². The van der Waals surface area contributed by atoms with E-state index in [1.54, 1.807) is 64.8 Å². The topological polar surface area (TPSA) is 230 Å². The van der Waals surface area contributed by atoms with Crippen molar-refractivity contribution in [2.45, 2.75) is 193 Å². The van der Waals surface area contributed by atoms with Crippen LogP contribution in [0.5, 0.6) is 23.0 Å². The summed E-state index contributed by atoms with van der Waals surface area (Å²) in [7, 11) is 10.4. The lowest BCUT2D eigenvalue weighted by Crippen LogP contribution is -2.50. The number of Topliss-reactive ketones (excluding diaryl/α,β-unsaturated/α-hetero) is 1. The van der Waals surface area contributed by atoms with Crippen LogP contribution in [0, 0.1) is 17.8 Å². The Labute approximate surface area is 585 Å². The SMILES string of the molecule is CC(C)Cc1cc(-c2oc3cc(O)c4c(c3c(=O)c2O)O[C@@H]2C[C@@H]3c5c-4cc4c6c(ccc(c56)[C@H](SSCCC[C@@H]2O)[C@H]3O)C[C@H](CCC2(O)CCCCC2)[C@@H]4CCO)c2c(c1O)Cc1cccc(c1)[C@H]1N[C@@H]3CSSC[C@@H](C(=O)CCO)c4cccc(c4)C[C@@H]3C[C@@H]1SSC2. The van der Waals surface area contributed by atoms with Gasteiger partial charge in [-0.25, -0.2) is 0 Å². The molecule has 1 saturated carbocycles. The highest BCUT2D eigenvalue weighted by molar-refractivity contribution is 8.77. The lowest BCUT2D eigenvalue weighted by atomic mass is 9.65. The lowest BCUT2D eigenvalue weighted by Gasteiger charge is -2.44. The number of rotatable bonds is 11. The summed E-state index contributed by atoms with van der Waals surface area (Å²) in [6.45, 7) is 3.95. The number of benzene rings is 6. The van der Waals surface area contributed by atoms with E-state index >= 15 is 4.79 Å². The molecule has 15 rings (SSSR count). The van der Waals surface area contributed by atoms with Crippen LogP contribution in [0.25, 0.3) is 44.2 Å². The molecular formula is C77H87NO12S6. The molecule has 2 saturated heterocycles. The van der Waals surface area contributed by atoms with E-state index in [1.165, 1.54) is 17.2 Å². The van der Waals surface area contributed by atoms with Crippen molar-refractivity contribution < 1.29 is 54.8 Å². The van der Waals surface area contributed by atoms with Crippen LogP contribution in [-0.2, 0) is 36.2 Å². The predicted octanol–water partition coefficient (Wildman–Crippen LogP) is 15.4. The Hall–Kier alpha value is -4.48. The summed E-state index contributed by atoms with van der Waals surface area (Å²) in [6.07, 6.45) is 8.37. The van der Waals surface area contributed by atoms with Crippen LogP contribution >= 0.6 is 64.8 Å². The molecule has 7 bridgehead atoms. The quantitative estimate of drug-likeness (QED) is 0.0548. The number of phenolic OH excluding ortho intramolecular Hbond substituents is 2. The van der Waals surface area contributed by atoms with E-state index in [0.717, 1.165) is 108 Å². The molecule has 8 aliphatic rings. The van der Waals surface area contributed by atoms with Gasteiger partial charge >= 0.3 is 0 Å². The smallest absolute Gasteiger partial charge is 0.238 e. The molecule has 96 heavy (non-hydrogen) atoms. The van der Waals surface area contributed by atoms with E-state index in [1.807, 2.05) is 12.1 Å². The zero-order valence-electron chi connectivity index (χ0n) is 54.4. The number of phenols is 2. The fourth-order valence-corrected chi connectivity index (χ4v) is 26.4. The van der Waals surface area contributed by atoms with Gasteiger partial charge in [0.2, 0.25) is 11.2 Å². The minimum atomic E-state index is -1.03. The summed E-state index contributed by atoms with van der Waals surface area (Å²) < 4.78 is 14.2. The number of aliphatic hydroxyl groups excluding tert-OH is 4. The van der Waals surface area contributed by atoms with Gasteiger partial charge in [0.1, 0.15) is 40.1 Å². The number of ether oxygens (including phenoxy) is 1. The fourth-order valence-electron chi connectivity index (χ4n) is 17.9. The molecule has 6 heterocycles. The summed E-state index contributed by atoms with van der Waals surface area (Å²) in [5, 5.41) is 103. The number of carbonyl (C=O) groups excluding carboxylic acids is 1. The standard InChI is InChI=1S/C77H87NO12S6/c1-39(2)25-47-31-52(56-37-94-95-63-32-46-28-40-9-6-11-42(26-40)55(58(81)18-23-80)36-92-93-38-57(46)78-69(63)45-12-7-10-41(27-45)29-51(56)70(47)84)74-73(87)72(86)68-62(90-74)35-60(83)66-53-33-50-48(17-22-79)43(16-21-77(88)19-4-3-5-20-77)30-44-14-15-49-67(64(44)50)65(53)54-34-61(89-75(66)68)59(82)13-8-24-91-96-76(49)71(54)85/h6-7,9-12,14-15,26-27,31,33,35,39,43,46,48,54-55,57,59,61,63,69,71,76,78-80,82-85,87-88H,3-5,8,13,16-25,28-30,32,34,36-38H2,1-2H3/t43-,46+,48-,54+,55+,57+,59-,61+,63-,69+,71-,76-/m0/s1. The van der Waals surface area contributed by atoms with Gasteiger partial charge in [0, 0.05) is 89.5 Å². The zero-order valence-corrected chi connectivity index (χ0v) is 59.3. The highest BCUT2D eigenvalue weighted by Gasteiger charge is 2.48. The molecule has 0 radical (unpaired) electrons. The first-order valence-electron chi connectivity index (χ1n) is 34.9. The third-order valence-corrected chi connectivity index (χ3v) is 30.6. The van der Waals surface area contributed by atoms with E-state index < -0.39 is 41.0 Å². The van der Waals surface area contributed by atoms with E-state index in [4.69, 9.17) is 9.15 Å². The van der Waals surface area contributed by atoms with Crippen LogP contribution < -0.4 is 15.5 Å². The number of ketones is 1. The maximum Gasteiger partial charge on any atom is 0.238 e. The Bertz CT molecular complexity index is 4190. The van der Waals surface area contributed by atoms with Crippen molar-refractivity contribution in [3.05, 3.63) is 150 Å². The molecule has 0 amide bonds. The van der Waals surface area contributed by atoms with Gasteiger partial charge in [-0.2, -0.15) is 0 Å². The van der Waals surface area contributed by atoms with Gasteiger partial charge in [0.15, 0.2) is 5.76 Å². The lowest BCUT2D eigenvalue weighted by molar-refractivity contribution is -0.120. The third-order valence-electron chi connectivity index (χ3n) is 22.6. The molecule has 3 aliphatic carbocycles. The monoisotopic (exact) mass is 1410 g/mol. The molecule has 508 valence electrons. The second kappa shape index (κ2) is 28.2. The number of hydrogen-bond donors (Lipinski definition) is 9. The molecule has 0 unspecified atom stereocenters. The summed E-state index contributed by atoms with van der Waals surface area (Å²) in [5.41, 5.74) is 10.0. The number of aromatic hydroxyl groups is 3. The first kappa shape index (κ1) is 67.3. The average molecular weight is 1410 g/mol. The van der Waals surface area contributed by atoms with Gasteiger partial charge in [0.05, 0.1) is 34.5 Å². The number of carbonyl (C=O) groups is 1. The third kappa shape index (κ3) is 12.6. The molecule has 0 spiro atoms. The first-order valence-corrected chi connectivity index (χ1v) is 42.1. The van der Waals surface area contributed by atoms with Crippen LogP contribution in [0.15, 0.2) is 88.1 Å². The Morgan fingerprint density at radius 3 is 2.39 bits per heavy atom. The molecule has 3 fully saturated rings. The number of nitrogens with one attached hydrogen (secondary N) is 1. The van der Waals surface area contributed by atoms with Crippen LogP contribution in [-0.4, -0.2) is 112 Å².